The quantitative estimate of drug-likeness (QED) is 0.618. The molecule has 1 aromatic rings. The molecule has 0 amide bonds. The molecule has 0 spiro atoms. The molecule has 17 heavy (non-hydrogen) atoms. The van der Waals surface area contributed by atoms with Crippen molar-refractivity contribution in [3.05, 3.63) is 30.1 Å². The van der Waals surface area contributed by atoms with Crippen molar-refractivity contribution in [2.45, 2.75) is 17.9 Å². The third-order valence-corrected chi connectivity index (χ3v) is 4.43. The monoisotopic (exact) mass is 259 g/mol. The van der Waals surface area contributed by atoms with E-state index in [0.717, 1.165) is 16.4 Å². The fourth-order valence-electron chi connectivity index (χ4n) is 1.18. The summed E-state index contributed by atoms with van der Waals surface area (Å²) < 4.78 is 37.8. The highest BCUT2D eigenvalue weighted by molar-refractivity contribution is 7.89. The van der Waals surface area contributed by atoms with E-state index in [0.29, 0.717) is 0 Å². The first-order valence-electron chi connectivity index (χ1n) is 4.84. The van der Waals surface area contributed by atoms with Crippen molar-refractivity contribution in [1.29, 1.82) is 5.41 Å². The van der Waals surface area contributed by atoms with Crippen LogP contribution in [0.15, 0.2) is 29.2 Å². The zero-order chi connectivity index (χ0) is 13.2. The lowest BCUT2D eigenvalue weighted by Gasteiger charge is -2.23. The first kappa shape index (κ1) is 13.6. The number of nitrogens with zero attached hydrogens (tertiary/aromatic N) is 1. The maximum atomic E-state index is 12.7. The summed E-state index contributed by atoms with van der Waals surface area (Å²) in [6, 6.07) is 3.74. The van der Waals surface area contributed by atoms with Crippen LogP contribution < -0.4 is 5.73 Å². The fraction of sp³-hybridized carbons (Fsp3) is 0.300. The third-order valence-electron chi connectivity index (χ3n) is 2.49. The maximum absolute atomic E-state index is 12.7. The molecule has 1 aromatic carbocycles. The lowest BCUT2D eigenvalue weighted by Crippen LogP contribution is -2.43. The predicted molar refractivity (Wildman–Crippen MR) is 62.7 cm³/mol. The van der Waals surface area contributed by atoms with E-state index in [9.17, 15) is 12.8 Å². The first-order valence-corrected chi connectivity index (χ1v) is 6.28. The standard InChI is InChI=1S/C10H14FN3O2S/c1-7(10(12)13)14(2)17(15,16)9-5-3-8(11)4-6-9/h3-7H,1-2H3,(H3,12,13). The number of nitrogens with one attached hydrogen (secondary N) is 1. The van der Waals surface area contributed by atoms with Crippen LogP contribution in [0.3, 0.4) is 0 Å². The summed E-state index contributed by atoms with van der Waals surface area (Å²) in [4.78, 5) is -0.0329. The van der Waals surface area contributed by atoms with Crippen molar-refractivity contribution in [3.8, 4) is 0 Å². The van der Waals surface area contributed by atoms with Gasteiger partial charge in [0, 0.05) is 7.05 Å². The predicted octanol–water partition coefficient (Wildman–Crippen LogP) is 0.771. The van der Waals surface area contributed by atoms with Crippen molar-refractivity contribution in [2.24, 2.45) is 5.73 Å². The van der Waals surface area contributed by atoms with Gasteiger partial charge in [-0.1, -0.05) is 0 Å². The second-order valence-corrected chi connectivity index (χ2v) is 5.60. The van der Waals surface area contributed by atoms with Crippen LogP contribution in [0.25, 0.3) is 0 Å². The number of nitrogens with two attached hydrogens (primary N) is 1. The highest BCUT2D eigenvalue weighted by atomic mass is 32.2. The van der Waals surface area contributed by atoms with Gasteiger partial charge in [0.1, 0.15) is 11.7 Å². The number of likely N-dealkylation sites (N-methyl/N-ethyl adjacent to an activating group) is 1. The summed E-state index contributed by atoms with van der Waals surface area (Å²) in [7, 11) is -2.43. The Kier molecular flexibility index (Phi) is 3.84. The van der Waals surface area contributed by atoms with E-state index in [-0.39, 0.29) is 10.7 Å². The topological polar surface area (TPSA) is 87.2 Å². The number of amidine groups is 1. The van der Waals surface area contributed by atoms with Crippen molar-refractivity contribution in [3.63, 3.8) is 0 Å². The Labute approximate surface area is 99.6 Å². The van der Waals surface area contributed by atoms with Gasteiger partial charge in [-0.2, -0.15) is 4.31 Å². The van der Waals surface area contributed by atoms with E-state index in [2.05, 4.69) is 0 Å². The van der Waals surface area contributed by atoms with E-state index in [1.807, 2.05) is 0 Å². The lowest BCUT2D eigenvalue weighted by molar-refractivity contribution is 0.448. The van der Waals surface area contributed by atoms with Gasteiger partial charge in [-0.3, -0.25) is 5.41 Å². The number of sulfonamides is 1. The Bertz CT molecular complexity index is 513. The zero-order valence-electron chi connectivity index (χ0n) is 9.51. The fourth-order valence-corrected chi connectivity index (χ4v) is 2.52. The molecule has 7 heteroatoms. The summed E-state index contributed by atoms with van der Waals surface area (Å²) in [6.45, 7) is 1.50. The van der Waals surface area contributed by atoms with Crippen LogP contribution in [0.1, 0.15) is 6.92 Å². The Balaban J connectivity index is 3.11. The smallest absolute Gasteiger partial charge is 0.243 e. The minimum Gasteiger partial charge on any atom is -0.386 e. The van der Waals surface area contributed by atoms with Crippen LogP contribution in [0, 0.1) is 11.2 Å². The number of halogens is 1. The Morgan fingerprint density at radius 2 is 1.88 bits per heavy atom. The molecule has 0 radical (unpaired) electrons. The molecule has 0 aromatic heterocycles. The summed E-state index contributed by atoms with van der Waals surface area (Å²) in [5.74, 6) is -0.760. The number of benzene rings is 1. The average Bonchev–Trinajstić information content (AvgIpc) is 2.27. The van der Waals surface area contributed by atoms with Gasteiger partial charge >= 0.3 is 0 Å². The molecular formula is C10H14FN3O2S. The van der Waals surface area contributed by atoms with Crippen LogP contribution in [-0.2, 0) is 10.0 Å². The molecule has 0 heterocycles. The van der Waals surface area contributed by atoms with Crippen molar-refractivity contribution >= 4 is 15.9 Å². The molecule has 0 fully saturated rings. The van der Waals surface area contributed by atoms with Gasteiger partial charge in [0.2, 0.25) is 10.0 Å². The second kappa shape index (κ2) is 4.80. The highest BCUT2D eigenvalue weighted by Crippen LogP contribution is 2.16. The van der Waals surface area contributed by atoms with Gasteiger partial charge < -0.3 is 5.73 Å². The molecule has 0 aliphatic heterocycles. The normalized spacial score (nSPS) is 13.6. The number of hydrogen-bond acceptors (Lipinski definition) is 3. The molecule has 1 unspecified atom stereocenters. The van der Waals surface area contributed by atoms with E-state index >= 15 is 0 Å². The number of rotatable bonds is 4. The molecule has 0 aliphatic carbocycles. The van der Waals surface area contributed by atoms with Gasteiger partial charge in [0.25, 0.3) is 0 Å². The van der Waals surface area contributed by atoms with E-state index in [1.54, 1.807) is 0 Å². The van der Waals surface area contributed by atoms with Crippen LogP contribution >= 0.6 is 0 Å². The van der Waals surface area contributed by atoms with Crippen LogP contribution in [0.2, 0.25) is 0 Å². The molecule has 3 N–H and O–H groups in total. The Hall–Kier alpha value is -1.47. The summed E-state index contributed by atoms with van der Waals surface area (Å²) in [5, 5.41) is 7.22. The van der Waals surface area contributed by atoms with Gasteiger partial charge in [0.05, 0.1) is 10.9 Å². The first-order chi connectivity index (χ1) is 7.76. The second-order valence-electron chi connectivity index (χ2n) is 3.61. The van der Waals surface area contributed by atoms with E-state index in [1.165, 1.54) is 26.1 Å². The SMILES string of the molecule is CC(C(=N)N)N(C)S(=O)(=O)c1ccc(F)cc1. The van der Waals surface area contributed by atoms with E-state index in [4.69, 9.17) is 11.1 Å². The van der Waals surface area contributed by atoms with Gasteiger partial charge in [-0.25, -0.2) is 12.8 Å². The van der Waals surface area contributed by atoms with Crippen LogP contribution in [-0.4, -0.2) is 31.6 Å². The van der Waals surface area contributed by atoms with Crippen molar-refractivity contribution < 1.29 is 12.8 Å². The highest BCUT2D eigenvalue weighted by Gasteiger charge is 2.26. The van der Waals surface area contributed by atoms with Crippen molar-refractivity contribution in [2.75, 3.05) is 7.05 Å². The van der Waals surface area contributed by atoms with Gasteiger partial charge in [0.15, 0.2) is 0 Å². The Morgan fingerprint density at radius 1 is 1.41 bits per heavy atom. The van der Waals surface area contributed by atoms with Crippen molar-refractivity contribution in [1.82, 2.24) is 4.31 Å². The van der Waals surface area contributed by atoms with Gasteiger partial charge in [-0.05, 0) is 31.2 Å². The third kappa shape index (κ3) is 2.80. The number of hydrogen-bond donors (Lipinski definition) is 2. The van der Waals surface area contributed by atoms with Crippen LogP contribution in [0.4, 0.5) is 4.39 Å². The van der Waals surface area contributed by atoms with Gasteiger partial charge in [-0.15, -0.1) is 0 Å². The molecular weight excluding hydrogens is 245 g/mol. The average molecular weight is 259 g/mol. The Morgan fingerprint density at radius 3 is 2.29 bits per heavy atom. The zero-order valence-corrected chi connectivity index (χ0v) is 10.3. The summed E-state index contributed by atoms with van der Waals surface area (Å²) >= 11 is 0. The maximum Gasteiger partial charge on any atom is 0.243 e. The summed E-state index contributed by atoms with van der Waals surface area (Å²) in [6.07, 6.45) is 0. The molecule has 5 nitrogen and oxygen atoms in total. The lowest BCUT2D eigenvalue weighted by atomic mass is 10.3. The minimum absolute atomic E-state index is 0.0329. The molecule has 0 saturated heterocycles. The van der Waals surface area contributed by atoms with Crippen LogP contribution in [0.5, 0.6) is 0 Å². The minimum atomic E-state index is -3.75. The molecule has 1 atom stereocenters. The molecule has 1 rings (SSSR count). The molecule has 0 saturated carbocycles. The molecule has 0 bridgehead atoms. The molecule has 0 aliphatic rings. The largest absolute Gasteiger partial charge is 0.386 e. The molecule has 94 valence electrons. The summed E-state index contributed by atoms with van der Waals surface area (Å²) in [5.41, 5.74) is 5.25. The van der Waals surface area contributed by atoms with E-state index < -0.39 is 21.9 Å².